The molecule has 0 heterocycles. The van der Waals surface area contributed by atoms with Gasteiger partial charge in [0.1, 0.15) is 18.1 Å². The molecular formula is C22H20O4. The van der Waals surface area contributed by atoms with Crippen molar-refractivity contribution in [3.8, 4) is 5.75 Å². The van der Waals surface area contributed by atoms with Crippen molar-refractivity contribution < 1.29 is 19.1 Å². The molecule has 2 aromatic rings. The van der Waals surface area contributed by atoms with Gasteiger partial charge in [0, 0.05) is 12.8 Å². The van der Waals surface area contributed by atoms with E-state index in [2.05, 4.69) is 0 Å². The lowest BCUT2D eigenvalue weighted by Crippen LogP contribution is -2.18. The number of esters is 1. The van der Waals surface area contributed by atoms with E-state index >= 15 is 0 Å². The van der Waals surface area contributed by atoms with Gasteiger partial charge in [0.15, 0.2) is 0 Å². The first kappa shape index (κ1) is 17.7. The molecule has 1 aliphatic carbocycles. The van der Waals surface area contributed by atoms with E-state index in [1.165, 1.54) is 0 Å². The smallest absolute Gasteiger partial charge is 0.375 e. The number of ketones is 1. The Morgan fingerprint density at radius 3 is 2.19 bits per heavy atom. The normalized spacial score (nSPS) is 13.4. The van der Waals surface area contributed by atoms with Gasteiger partial charge in [-0.05, 0) is 30.2 Å². The number of allylic oxidation sites excluding steroid dienone is 4. The van der Waals surface area contributed by atoms with Gasteiger partial charge in [0.05, 0.1) is 0 Å². The SMILES string of the molecule is O=C(CC1=CC=C(Oc2ccccc2)CC1)C(=O)OCc1ccccc1. The first-order valence-corrected chi connectivity index (χ1v) is 8.56. The first-order chi connectivity index (χ1) is 12.7. The Kier molecular flexibility index (Phi) is 5.99. The molecule has 0 atom stereocenters. The molecular weight excluding hydrogens is 328 g/mol. The third-order valence-electron chi connectivity index (χ3n) is 4.02. The molecule has 2 aromatic carbocycles. The summed E-state index contributed by atoms with van der Waals surface area (Å²) >= 11 is 0. The van der Waals surface area contributed by atoms with Gasteiger partial charge in [-0.15, -0.1) is 0 Å². The van der Waals surface area contributed by atoms with Crippen molar-refractivity contribution in [3.63, 3.8) is 0 Å². The molecule has 0 amide bonds. The van der Waals surface area contributed by atoms with Gasteiger partial charge in [-0.25, -0.2) is 4.79 Å². The van der Waals surface area contributed by atoms with E-state index in [1.807, 2.05) is 72.8 Å². The minimum atomic E-state index is -0.787. The van der Waals surface area contributed by atoms with Gasteiger partial charge in [-0.1, -0.05) is 60.2 Å². The Morgan fingerprint density at radius 1 is 0.846 bits per heavy atom. The summed E-state index contributed by atoms with van der Waals surface area (Å²) in [6, 6.07) is 18.9. The second-order valence-electron chi connectivity index (χ2n) is 6.03. The number of para-hydroxylation sites is 1. The predicted octanol–water partition coefficient (Wildman–Crippen LogP) is 4.37. The lowest BCUT2D eigenvalue weighted by molar-refractivity contribution is -0.154. The van der Waals surface area contributed by atoms with Gasteiger partial charge < -0.3 is 9.47 Å². The highest BCUT2D eigenvalue weighted by atomic mass is 16.5. The van der Waals surface area contributed by atoms with Crippen LogP contribution in [-0.4, -0.2) is 11.8 Å². The second-order valence-corrected chi connectivity index (χ2v) is 6.03. The van der Waals surface area contributed by atoms with Crippen LogP contribution in [0.5, 0.6) is 5.75 Å². The summed E-state index contributed by atoms with van der Waals surface area (Å²) < 4.78 is 10.9. The van der Waals surface area contributed by atoms with Gasteiger partial charge in [-0.2, -0.15) is 0 Å². The van der Waals surface area contributed by atoms with Crippen LogP contribution in [0.4, 0.5) is 0 Å². The summed E-state index contributed by atoms with van der Waals surface area (Å²) in [5.74, 6) is 0.327. The molecule has 0 aromatic heterocycles. The average Bonchev–Trinajstić information content (AvgIpc) is 2.69. The van der Waals surface area contributed by atoms with E-state index in [-0.39, 0.29) is 13.0 Å². The van der Waals surface area contributed by atoms with Crippen molar-refractivity contribution in [2.75, 3.05) is 0 Å². The molecule has 4 nitrogen and oxygen atoms in total. The lowest BCUT2D eigenvalue weighted by atomic mass is 9.99. The van der Waals surface area contributed by atoms with Gasteiger partial charge >= 0.3 is 5.97 Å². The fourth-order valence-electron chi connectivity index (χ4n) is 2.62. The molecule has 132 valence electrons. The van der Waals surface area contributed by atoms with E-state index in [0.29, 0.717) is 12.8 Å². The van der Waals surface area contributed by atoms with Gasteiger partial charge in [0.2, 0.25) is 5.78 Å². The highest BCUT2D eigenvalue weighted by Gasteiger charge is 2.19. The molecule has 0 bridgehead atoms. The fourth-order valence-corrected chi connectivity index (χ4v) is 2.62. The van der Waals surface area contributed by atoms with Crippen LogP contribution in [-0.2, 0) is 20.9 Å². The molecule has 0 N–H and O–H groups in total. The van der Waals surface area contributed by atoms with E-state index in [9.17, 15) is 9.59 Å². The maximum atomic E-state index is 12.0. The molecule has 0 fully saturated rings. The number of carbonyl (C=O) groups excluding carboxylic acids is 2. The summed E-state index contributed by atoms with van der Waals surface area (Å²) in [6.45, 7) is 0.111. The first-order valence-electron chi connectivity index (χ1n) is 8.56. The molecule has 0 saturated heterocycles. The number of hydrogen-bond donors (Lipinski definition) is 0. The Labute approximate surface area is 152 Å². The Bertz CT molecular complexity index is 820. The average molecular weight is 348 g/mol. The highest BCUT2D eigenvalue weighted by molar-refractivity contribution is 6.34. The zero-order chi connectivity index (χ0) is 18.2. The van der Waals surface area contributed by atoms with Crippen LogP contribution in [0.1, 0.15) is 24.8 Å². The zero-order valence-electron chi connectivity index (χ0n) is 14.4. The van der Waals surface area contributed by atoms with Crippen LogP contribution in [0.15, 0.2) is 84.1 Å². The van der Waals surface area contributed by atoms with Crippen LogP contribution in [0.25, 0.3) is 0 Å². The Morgan fingerprint density at radius 2 is 1.54 bits per heavy atom. The standard InChI is InChI=1S/C22H20O4/c23-21(22(24)25-16-18-7-3-1-4-8-18)15-17-11-13-20(14-12-17)26-19-9-5-2-6-10-19/h1-11,13H,12,14-16H2. The zero-order valence-corrected chi connectivity index (χ0v) is 14.4. The molecule has 0 unspecified atom stereocenters. The van der Waals surface area contributed by atoms with E-state index in [0.717, 1.165) is 22.6 Å². The molecule has 0 saturated carbocycles. The van der Waals surface area contributed by atoms with Crippen LogP contribution in [0.2, 0.25) is 0 Å². The molecule has 4 heteroatoms. The molecule has 0 aliphatic heterocycles. The van der Waals surface area contributed by atoms with Crippen molar-refractivity contribution >= 4 is 11.8 Å². The number of Topliss-reactive ketones (excluding diaryl/α,β-unsaturated/α-hetero) is 1. The molecule has 0 radical (unpaired) electrons. The Balaban J connectivity index is 1.49. The number of rotatable bonds is 7. The summed E-state index contributed by atoms with van der Waals surface area (Å²) in [6.07, 6.45) is 5.19. The maximum absolute atomic E-state index is 12.0. The summed E-state index contributed by atoms with van der Waals surface area (Å²) in [5, 5.41) is 0. The second kappa shape index (κ2) is 8.81. The number of carbonyl (C=O) groups is 2. The van der Waals surface area contributed by atoms with Crippen molar-refractivity contribution in [3.05, 3.63) is 89.7 Å². The van der Waals surface area contributed by atoms with Crippen molar-refractivity contribution in [2.24, 2.45) is 0 Å². The third kappa shape index (κ3) is 5.18. The topological polar surface area (TPSA) is 52.6 Å². The van der Waals surface area contributed by atoms with Crippen LogP contribution in [0, 0.1) is 0 Å². The molecule has 0 spiro atoms. The maximum Gasteiger partial charge on any atom is 0.375 e. The van der Waals surface area contributed by atoms with Gasteiger partial charge in [0.25, 0.3) is 0 Å². The van der Waals surface area contributed by atoms with Crippen molar-refractivity contribution in [1.29, 1.82) is 0 Å². The van der Waals surface area contributed by atoms with Crippen LogP contribution < -0.4 is 4.74 Å². The van der Waals surface area contributed by atoms with E-state index in [4.69, 9.17) is 9.47 Å². The number of hydrogen-bond acceptors (Lipinski definition) is 4. The van der Waals surface area contributed by atoms with Crippen molar-refractivity contribution in [2.45, 2.75) is 25.9 Å². The lowest BCUT2D eigenvalue weighted by Gasteiger charge is -2.15. The highest BCUT2D eigenvalue weighted by Crippen LogP contribution is 2.24. The summed E-state index contributed by atoms with van der Waals surface area (Å²) in [4.78, 5) is 23.9. The van der Waals surface area contributed by atoms with Crippen LogP contribution in [0.3, 0.4) is 0 Å². The van der Waals surface area contributed by atoms with Crippen LogP contribution >= 0.6 is 0 Å². The minimum absolute atomic E-state index is 0.0861. The predicted molar refractivity (Wildman–Crippen MR) is 98.3 cm³/mol. The summed E-state index contributed by atoms with van der Waals surface area (Å²) in [7, 11) is 0. The monoisotopic (exact) mass is 348 g/mol. The largest absolute Gasteiger partial charge is 0.462 e. The summed E-state index contributed by atoms with van der Waals surface area (Å²) in [5.41, 5.74) is 1.77. The number of ether oxygens (including phenoxy) is 2. The molecule has 3 rings (SSSR count). The quantitative estimate of drug-likeness (QED) is 0.551. The fraction of sp³-hybridized carbons (Fsp3) is 0.182. The van der Waals surface area contributed by atoms with E-state index in [1.54, 1.807) is 0 Å². The van der Waals surface area contributed by atoms with E-state index < -0.39 is 11.8 Å². The third-order valence-corrected chi connectivity index (χ3v) is 4.02. The Hall–Kier alpha value is -3.14. The number of benzene rings is 2. The van der Waals surface area contributed by atoms with Gasteiger partial charge in [-0.3, -0.25) is 4.79 Å². The molecule has 26 heavy (non-hydrogen) atoms. The molecule has 1 aliphatic rings. The van der Waals surface area contributed by atoms with Crippen molar-refractivity contribution in [1.82, 2.24) is 0 Å². The minimum Gasteiger partial charge on any atom is -0.462 e.